The van der Waals surface area contributed by atoms with Gasteiger partial charge in [0.05, 0.1) is 6.04 Å². The van der Waals surface area contributed by atoms with E-state index in [-0.39, 0.29) is 23.8 Å². The summed E-state index contributed by atoms with van der Waals surface area (Å²) < 4.78 is 12.9. The maximum Gasteiger partial charge on any atom is 0.241 e. The molecule has 0 heterocycles. The van der Waals surface area contributed by atoms with E-state index in [2.05, 4.69) is 22.8 Å². The molecule has 2 N–H and O–H groups in total. The topological polar surface area (TPSA) is 41.1 Å². The number of hydrogen-bond donors (Lipinski definition) is 2. The van der Waals surface area contributed by atoms with Crippen molar-refractivity contribution >= 4 is 11.6 Å². The Balaban J connectivity index is 1.61. The van der Waals surface area contributed by atoms with Gasteiger partial charge in [0.2, 0.25) is 5.91 Å². The fourth-order valence-electron chi connectivity index (χ4n) is 2.89. The van der Waals surface area contributed by atoms with E-state index >= 15 is 0 Å². The average molecular weight is 298 g/mol. The molecule has 1 aliphatic carbocycles. The van der Waals surface area contributed by atoms with Crippen molar-refractivity contribution in [1.82, 2.24) is 5.32 Å². The van der Waals surface area contributed by atoms with Crippen LogP contribution in [0.2, 0.25) is 0 Å². The fourth-order valence-corrected chi connectivity index (χ4v) is 2.89. The number of fused-ring (bicyclic) bond motifs is 1. The molecule has 0 bridgehead atoms. The third kappa shape index (κ3) is 3.17. The summed E-state index contributed by atoms with van der Waals surface area (Å²) in [6.07, 6.45) is 2.05. The van der Waals surface area contributed by atoms with Crippen LogP contribution in [0.3, 0.4) is 0 Å². The van der Waals surface area contributed by atoms with Crippen LogP contribution in [0.15, 0.2) is 48.5 Å². The van der Waals surface area contributed by atoms with Gasteiger partial charge in [-0.15, -0.1) is 0 Å². The van der Waals surface area contributed by atoms with Crippen molar-refractivity contribution in [3.63, 3.8) is 0 Å². The third-order valence-corrected chi connectivity index (χ3v) is 4.09. The standard InChI is InChI=1S/C18H19FN2O/c1-12(18(22)21-15-9-7-14(19)8-10-15)20-17-11-6-13-4-2-3-5-16(13)17/h2-5,7-10,12,17,20H,6,11H2,1H3,(H,21,22). The van der Waals surface area contributed by atoms with Crippen LogP contribution in [-0.4, -0.2) is 11.9 Å². The summed E-state index contributed by atoms with van der Waals surface area (Å²) in [5.41, 5.74) is 3.24. The second kappa shape index (κ2) is 6.28. The number of benzene rings is 2. The Morgan fingerprint density at radius 2 is 1.91 bits per heavy atom. The smallest absolute Gasteiger partial charge is 0.241 e. The van der Waals surface area contributed by atoms with Gasteiger partial charge in [-0.25, -0.2) is 4.39 Å². The lowest BCUT2D eigenvalue weighted by Gasteiger charge is -2.20. The number of carbonyl (C=O) groups is 1. The summed E-state index contributed by atoms with van der Waals surface area (Å²) in [5.74, 6) is -0.428. The van der Waals surface area contributed by atoms with Gasteiger partial charge >= 0.3 is 0 Å². The van der Waals surface area contributed by atoms with Gasteiger partial charge in [-0.1, -0.05) is 24.3 Å². The van der Waals surface area contributed by atoms with Crippen molar-refractivity contribution < 1.29 is 9.18 Å². The number of nitrogens with one attached hydrogen (secondary N) is 2. The van der Waals surface area contributed by atoms with Gasteiger partial charge in [-0.05, 0) is 55.2 Å². The highest BCUT2D eigenvalue weighted by atomic mass is 19.1. The molecule has 0 aliphatic heterocycles. The zero-order valence-corrected chi connectivity index (χ0v) is 12.5. The number of rotatable bonds is 4. The second-order valence-corrected chi connectivity index (χ2v) is 5.67. The van der Waals surface area contributed by atoms with Crippen LogP contribution in [0.1, 0.15) is 30.5 Å². The van der Waals surface area contributed by atoms with Gasteiger partial charge in [0.15, 0.2) is 0 Å². The molecular weight excluding hydrogens is 279 g/mol. The zero-order chi connectivity index (χ0) is 15.5. The number of hydrogen-bond acceptors (Lipinski definition) is 2. The summed E-state index contributed by atoms with van der Waals surface area (Å²) in [4.78, 5) is 12.2. The molecule has 0 aromatic heterocycles. The van der Waals surface area contributed by atoms with Crippen LogP contribution in [0.5, 0.6) is 0 Å². The summed E-state index contributed by atoms with van der Waals surface area (Å²) in [6.45, 7) is 1.85. The van der Waals surface area contributed by atoms with E-state index < -0.39 is 0 Å². The van der Waals surface area contributed by atoms with Crippen molar-refractivity contribution in [3.8, 4) is 0 Å². The molecule has 0 fully saturated rings. The van der Waals surface area contributed by atoms with Gasteiger partial charge in [-0.2, -0.15) is 0 Å². The third-order valence-electron chi connectivity index (χ3n) is 4.09. The van der Waals surface area contributed by atoms with Crippen molar-refractivity contribution in [3.05, 3.63) is 65.5 Å². The van der Waals surface area contributed by atoms with Crippen molar-refractivity contribution in [2.24, 2.45) is 0 Å². The first-order valence-electron chi connectivity index (χ1n) is 7.54. The molecule has 1 amide bonds. The molecule has 114 valence electrons. The minimum absolute atomic E-state index is 0.115. The molecule has 0 radical (unpaired) electrons. The van der Waals surface area contributed by atoms with Crippen LogP contribution in [0.25, 0.3) is 0 Å². The van der Waals surface area contributed by atoms with Gasteiger partial charge in [0, 0.05) is 11.7 Å². The highest BCUT2D eigenvalue weighted by Crippen LogP contribution is 2.31. The molecule has 2 unspecified atom stereocenters. The van der Waals surface area contributed by atoms with Gasteiger partial charge in [0.1, 0.15) is 5.82 Å². The number of halogens is 1. The average Bonchev–Trinajstić information content (AvgIpc) is 2.93. The normalized spacial score (nSPS) is 17.8. The molecule has 22 heavy (non-hydrogen) atoms. The van der Waals surface area contributed by atoms with Gasteiger partial charge in [0.25, 0.3) is 0 Å². The molecule has 2 atom stereocenters. The van der Waals surface area contributed by atoms with Crippen LogP contribution in [0.4, 0.5) is 10.1 Å². The first-order chi connectivity index (χ1) is 10.6. The van der Waals surface area contributed by atoms with E-state index in [4.69, 9.17) is 0 Å². The van der Waals surface area contributed by atoms with Gasteiger partial charge in [-0.3, -0.25) is 10.1 Å². The Morgan fingerprint density at radius 1 is 1.18 bits per heavy atom. The van der Waals surface area contributed by atoms with Crippen LogP contribution in [0, 0.1) is 5.82 Å². The second-order valence-electron chi connectivity index (χ2n) is 5.67. The maximum absolute atomic E-state index is 12.9. The number of carbonyl (C=O) groups excluding carboxylic acids is 1. The highest BCUT2D eigenvalue weighted by Gasteiger charge is 2.25. The predicted molar refractivity (Wildman–Crippen MR) is 85.1 cm³/mol. The van der Waals surface area contributed by atoms with Crippen LogP contribution < -0.4 is 10.6 Å². The first kappa shape index (κ1) is 14.7. The molecule has 3 nitrogen and oxygen atoms in total. The SMILES string of the molecule is CC(NC1CCc2ccccc21)C(=O)Nc1ccc(F)cc1. The molecule has 0 saturated carbocycles. The molecule has 4 heteroatoms. The molecule has 2 aromatic rings. The van der Waals surface area contributed by atoms with Crippen LogP contribution in [-0.2, 0) is 11.2 Å². The molecule has 3 rings (SSSR count). The zero-order valence-electron chi connectivity index (χ0n) is 12.5. The molecule has 2 aromatic carbocycles. The van der Waals surface area contributed by atoms with Crippen LogP contribution >= 0.6 is 0 Å². The maximum atomic E-state index is 12.9. The predicted octanol–water partition coefficient (Wildman–Crippen LogP) is 3.43. The largest absolute Gasteiger partial charge is 0.325 e. The minimum atomic E-state index is -0.318. The summed E-state index contributed by atoms with van der Waals surface area (Å²) in [7, 11) is 0. The number of anilines is 1. The Morgan fingerprint density at radius 3 is 2.68 bits per heavy atom. The Hall–Kier alpha value is -2.20. The lowest BCUT2D eigenvalue weighted by molar-refractivity contribution is -0.118. The van der Waals surface area contributed by atoms with Crippen molar-refractivity contribution in [2.75, 3.05) is 5.32 Å². The lowest BCUT2D eigenvalue weighted by Crippen LogP contribution is -2.39. The van der Waals surface area contributed by atoms with E-state index in [0.717, 1.165) is 12.8 Å². The van der Waals surface area contributed by atoms with Crippen molar-refractivity contribution in [2.45, 2.75) is 31.8 Å². The summed E-state index contributed by atoms with van der Waals surface area (Å²) in [6, 6.07) is 14.0. The van der Waals surface area contributed by atoms with E-state index in [1.165, 1.54) is 23.3 Å². The molecular formula is C18H19FN2O. The highest BCUT2D eigenvalue weighted by molar-refractivity contribution is 5.94. The number of aryl methyl sites for hydroxylation is 1. The Bertz CT molecular complexity index is 669. The molecule has 0 spiro atoms. The minimum Gasteiger partial charge on any atom is -0.325 e. The summed E-state index contributed by atoms with van der Waals surface area (Å²) in [5, 5.41) is 6.18. The summed E-state index contributed by atoms with van der Waals surface area (Å²) >= 11 is 0. The molecule has 1 aliphatic rings. The van der Waals surface area contributed by atoms with E-state index in [1.807, 2.05) is 19.1 Å². The van der Waals surface area contributed by atoms with Crippen molar-refractivity contribution in [1.29, 1.82) is 0 Å². The molecule has 0 saturated heterocycles. The number of amides is 1. The monoisotopic (exact) mass is 298 g/mol. The Kier molecular flexibility index (Phi) is 4.20. The Labute approximate surface area is 129 Å². The fraction of sp³-hybridized carbons (Fsp3) is 0.278. The van der Waals surface area contributed by atoms with E-state index in [1.54, 1.807) is 12.1 Å². The first-order valence-corrected chi connectivity index (χ1v) is 7.54. The van der Waals surface area contributed by atoms with E-state index in [0.29, 0.717) is 5.69 Å². The lowest BCUT2D eigenvalue weighted by atomic mass is 10.1. The van der Waals surface area contributed by atoms with Gasteiger partial charge < -0.3 is 5.32 Å². The quantitative estimate of drug-likeness (QED) is 0.908. The van der Waals surface area contributed by atoms with E-state index in [9.17, 15) is 9.18 Å².